The number of ether oxygens (including phenoxy) is 1. The minimum Gasteiger partial charge on any atom is -0.456 e. The summed E-state index contributed by atoms with van der Waals surface area (Å²) >= 11 is 6.65. The summed E-state index contributed by atoms with van der Waals surface area (Å²) in [6.07, 6.45) is 2.72. The van der Waals surface area contributed by atoms with Gasteiger partial charge in [0.2, 0.25) is 5.82 Å². The van der Waals surface area contributed by atoms with Crippen molar-refractivity contribution in [1.82, 2.24) is 40.0 Å². The van der Waals surface area contributed by atoms with Crippen LogP contribution in [-0.4, -0.2) is 85.1 Å². The summed E-state index contributed by atoms with van der Waals surface area (Å²) in [5.41, 5.74) is 5.51. The molecule has 6 rings (SSSR count). The van der Waals surface area contributed by atoms with Gasteiger partial charge in [-0.05, 0) is 59.6 Å². The molecule has 11 nitrogen and oxygen atoms in total. The number of nitrogens with one attached hydrogen (secondary N) is 1. The summed E-state index contributed by atoms with van der Waals surface area (Å²) in [6.45, 7) is 5.68. The molecule has 2 aromatic heterocycles. The fraction of sp³-hybridized carbons (Fsp3) is 0.314. The minimum atomic E-state index is -0.493. The second-order valence-electron chi connectivity index (χ2n) is 11.7. The number of tetrazole rings is 1. The lowest BCUT2D eigenvalue weighted by molar-refractivity contribution is 0.0463. The van der Waals surface area contributed by atoms with E-state index in [1.54, 1.807) is 24.3 Å². The number of hydrogen-bond acceptors (Lipinski definition) is 8. The average molecular weight is 653 g/mol. The summed E-state index contributed by atoms with van der Waals surface area (Å²) in [7, 11) is 2.05. The predicted octanol–water partition coefficient (Wildman–Crippen LogP) is 5.52. The fourth-order valence-corrected chi connectivity index (χ4v) is 5.95. The van der Waals surface area contributed by atoms with Gasteiger partial charge in [-0.1, -0.05) is 73.5 Å². The largest absolute Gasteiger partial charge is 0.456 e. The third-order valence-corrected chi connectivity index (χ3v) is 8.78. The molecule has 1 aliphatic heterocycles. The Kier molecular flexibility index (Phi) is 10.0. The van der Waals surface area contributed by atoms with Crippen LogP contribution in [0.5, 0.6) is 0 Å². The van der Waals surface area contributed by atoms with Crippen LogP contribution in [0.3, 0.4) is 0 Å². The third kappa shape index (κ3) is 7.42. The molecule has 0 radical (unpaired) electrons. The maximum atomic E-state index is 13.1. The number of piperazine rings is 1. The number of unbranched alkanes of at least 4 members (excludes halogenated alkanes) is 1. The highest BCUT2D eigenvalue weighted by Crippen LogP contribution is 2.30. The monoisotopic (exact) mass is 652 g/mol. The molecule has 0 aliphatic carbocycles. The Bertz CT molecular complexity index is 1810. The number of amides is 1. The van der Waals surface area contributed by atoms with Gasteiger partial charge < -0.3 is 19.1 Å². The molecule has 1 amide bonds. The molecule has 242 valence electrons. The first-order chi connectivity index (χ1) is 22.9. The number of likely N-dealkylation sites (N-methyl/N-ethyl adjacent to an activating group) is 1. The SMILES string of the molecule is CCCCc1nc(Cl)c(COC(=O)c2ccc(C(=O)N3CCN(C)CC3)cc2)n1Cc1ccc(-c2ccccc2-c2nn[nH]n2)cc1. The number of halogens is 1. The molecule has 1 saturated heterocycles. The van der Waals surface area contributed by atoms with E-state index >= 15 is 0 Å². The number of aromatic nitrogens is 6. The molecule has 0 atom stereocenters. The Morgan fingerprint density at radius 3 is 2.30 bits per heavy atom. The number of carbonyl (C=O) groups is 2. The van der Waals surface area contributed by atoms with Gasteiger partial charge in [0.1, 0.15) is 12.4 Å². The van der Waals surface area contributed by atoms with E-state index in [-0.39, 0.29) is 12.5 Å². The predicted molar refractivity (Wildman–Crippen MR) is 179 cm³/mol. The van der Waals surface area contributed by atoms with Crippen LogP contribution in [0.25, 0.3) is 22.5 Å². The lowest BCUT2D eigenvalue weighted by Gasteiger charge is -2.32. The average Bonchev–Trinajstić information content (AvgIpc) is 3.75. The van der Waals surface area contributed by atoms with E-state index in [1.165, 1.54) is 0 Å². The standard InChI is InChI=1S/C35H37ClN8O3/c1-3-4-9-31-37-32(36)30(23-47-35(46)27-16-14-26(15-17-27)34(45)43-20-18-42(2)19-21-43)44(31)22-24-10-12-25(13-11-24)28-7-5-6-8-29(28)33-38-40-41-39-33/h5-8,10-17H,3-4,9,18-23H2,1-2H3,(H,38,39,40,41). The van der Waals surface area contributed by atoms with E-state index < -0.39 is 5.97 Å². The van der Waals surface area contributed by atoms with Crippen molar-refractivity contribution in [2.45, 2.75) is 39.3 Å². The first-order valence-corrected chi connectivity index (χ1v) is 16.2. The van der Waals surface area contributed by atoms with E-state index in [0.717, 1.165) is 60.4 Å². The van der Waals surface area contributed by atoms with E-state index in [9.17, 15) is 9.59 Å². The van der Waals surface area contributed by atoms with Crippen molar-refractivity contribution < 1.29 is 14.3 Å². The number of carbonyl (C=O) groups excluding carboxylic acids is 2. The zero-order valence-corrected chi connectivity index (χ0v) is 27.3. The molecular weight excluding hydrogens is 616 g/mol. The molecule has 1 aliphatic rings. The van der Waals surface area contributed by atoms with Gasteiger partial charge in [0.15, 0.2) is 5.15 Å². The number of aryl methyl sites for hydroxylation is 1. The number of hydrogen-bond donors (Lipinski definition) is 1. The molecule has 12 heteroatoms. The quantitative estimate of drug-likeness (QED) is 0.185. The Morgan fingerprint density at radius 2 is 1.62 bits per heavy atom. The summed E-state index contributed by atoms with van der Waals surface area (Å²) in [6, 6.07) is 22.8. The fourth-order valence-electron chi connectivity index (χ4n) is 5.69. The van der Waals surface area contributed by atoms with Crippen LogP contribution in [0.2, 0.25) is 5.15 Å². The molecule has 0 spiro atoms. The van der Waals surface area contributed by atoms with Crippen molar-refractivity contribution in [1.29, 1.82) is 0 Å². The summed E-state index contributed by atoms with van der Waals surface area (Å²) in [4.78, 5) is 34.7. The van der Waals surface area contributed by atoms with Crippen molar-refractivity contribution in [3.8, 4) is 22.5 Å². The van der Waals surface area contributed by atoms with Gasteiger partial charge >= 0.3 is 5.97 Å². The van der Waals surface area contributed by atoms with Crippen LogP contribution in [0.4, 0.5) is 0 Å². The van der Waals surface area contributed by atoms with E-state index in [4.69, 9.17) is 16.3 Å². The number of rotatable bonds is 11. The molecule has 0 bridgehead atoms. The second-order valence-corrected chi connectivity index (χ2v) is 12.0. The van der Waals surface area contributed by atoms with Gasteiger partial charge in [-0.2, -0.15) is 5.21 Å². The van der Waals surface area contributed by atoms with Crippen molar-refractivity contribution in [2.24, 2.45) is 0 Å². The van der Waals surface area contributed by atoms with E-state index in [2.05, 4.69) is 61.7 Å². The van der Waals surface area contributed by atoms with Crippen LogP contribution >= 0.6 is 11.6 Å². The molecule has 1 fully saturated rings. The van der Waals surface area contributed by atoms with Crippen LogP contribution in [0.15, 0.2) is 72.8 Å². The maximum Gasteiger partial charge on any atom is 0.338 e. The van der Waals surface area contributed by atoms with Gasteiger partial charge in [-0.15, -0.1) is 10.2 Å². The van der Waals surface area contributed by atoms with E-state index in [0.29, 0.717) is 47.4 Å². The summed E-state index contributed by atoms with van der Waals surface area (Å²) in [5, 5.41) is 14.8. The first-order valence-electron chi connectivity index (χ1n) is 15.8. The first kappa shape index (κ1) is 32.1. The molecule has 0 unspecified atom stereocenters. The van der Waals surface area contributed by atoms with Gasteiger partial charge in [-0.3, -0.25) is 4.79 Å². The van der Waals surface area contributed by atoms with Crippen LogP contribution in [0.1, 0.15) is 57.6 Å². The topological polar surface area (TPSA) is 122 Å². The molecule has 3 aromatic carbocycles. The lowest BCUT2D eigenvalue weighted by Crippen LogP contribution is -2.47. The second kappa shape index (κ2) is 14.7. The third-order valence-electron chi connectivity index (χ3n) is 8.47. The van der Waals surface area contributed by atoms with E-state index in [1.807, 2.05) is 40.8 Å². The number of aromatic amines is 1. The zero-order valence-electron chi connectivity index (χ0n) is 26.5. The molecule has 1 N–H and O–H groups in total. The number of imidazole rings is 1. The van der Waals surface area contributed by atoms with Crippen LogP contribution < -0.4 is 0 Å². The molecule has 47 heavy (non-hydrogen) atoms. The number of esters is 1. The highest BCUT2D eigenvalue weighted by molar-refractivity contribution is 6.30. The number of nitrogens with zero attached hydrogens (tertiary/aromatic N) is 7. The molecule has 0 saturated carbocycles. The maximum absolute atomic E-state index is 13.1. The van der Waals surface area contributed by atoms with Gasteiger partial charge in [-0.25, -0.2) is 9.78 Å². The van der Waals surface area contributed by atoms with Crippen LogP contribution in [-0.2, 0) is 24.3 Å². The summed E-state index contributed by atoms with van der Waals surface area (Å²) in [5.74, 6) is 0.860. The summed E-state index contributed by atoms with van der Waals surface area (Å²) < 4.78 is 7.79. The lowest BCUT2D eigenvalue weighted by atomic mass is 9.98. The zero-order chi connectivity index (χ0) is 32.8. The smallest absolute Gasteiger partial charge is 0.338 e. The number of benzene rings is 3. The molecular formula is C35H37ClN8O3. The Balaban J connectivity index is 1.16. The minimum absolute atomic E-state index is 0.0301. The highest BCUT2D eigenvalue weighted by Gasteiger charge is 2.22. The van der Waals surface area contributed by atoms with Crippen molar-refractivity contribution >= 4 is 23.5 Å². The highest BCUT2D eigenvalue weighted by atomic mass is 35.5. The van der Waals surface area contributed by atoms with Crippen molar-refractivity contribution in [3.63, 3.8) is 0 Å². The Morgan fingerprint density at radius 1 is 0.915 bits per heavy atom. The normalized spacial score (nSPS) is 13.6. The van der Waals surface area contributed by atoms with Gasteiger partial charge in [0.25, 0.3) is 5.91 Å². The van der Waals surface area contributed by atoms with Gasteiger partial charge in [0, 0.05) is 50.3 Å². The van der Waals surface area contributed by atoms with Crippen LogP contribution in [0, 0.1) is 0 Å². The Labute approximate surface area is 278 Å². The molecule has 5 aromatic rings. The Hall–Kier alpha value is -4.87. The van der Waals surface area contributed by atoms with Crippen molar-refractivity contribution in [2.75, 3.05) is 33.2 Å². The van der Waals surface area contributed by atoms with Crippen molar-refractivity contribution in [3.05, 3.63) is 106 Å². The van der Waals surface area contributed by atoms with Gasteiger partial charge in [0.05, 0.1) is 11.3 Å². The molecule has 3 heterocycles. The number of H-pyrrole nitrogens is 1.